The van der Waals surface area contributed by atoms with Crippen LogP contribution in [-0.2, 0) is 11.3 Å². The van der Waals surface area contributed by atoms with Crippen LogP contribution in [0.15, 0.2) is 24.3 Å². The first kappa shape index (κ1) is 13.9. The average Bonchev–Trinajstić information content (AvgIpc) is 2.70. The largest absolute Gasteiger partial charge is 0.492 e. The molecule has 0 aliphatic carbocycles. The van der Waals surface area contributed by atoms with Crippen LogP contribution in [0.5, 0.6) is 5.75 Å². The van der Waals surface area contributed by atoms with Gasteiger partial charge in [-0.1, -0.05) is 18.2 Å². The van der Waals surface area contributed by atoms with E-state index in [0.717, 1.165) is 64.6 Å². The standard InChI is InChI=1S/C16H24N2O2/c1-2-4-16-14(3-1)13-18(9-12-20-16)8-7-17-15-5-10-19-11-6-15/h1-4,15,17H,5-13H2. The van der Waals surface area contributed by atoms with E-state index in [1.807, 2.05) is 6.07 Å². The van der Waals surface area contributed by atoms with Gasteiger partial charge in [0.25, 0.3) is 0 Å². The number of nitrogens with one attached hydrogen (secondary N) is 1. The lowest BCUT2D eigenvalue weighted by molar-refractivity contribution is 0.0770. The highest BCUT2D eigenvalue weighted by molar-refractivity contribution is 5.33. The van der Waals surface area contributed by atoms with E-state index < -0.39 is 0 Å². The molecule has 2 aliphatic rings. The molecule has 1 fully saturated rings. The van der Waals surface area contributed by atoms with Crippen molar-refractivity contribution >= 4 is 0 Å². The molecule has 0 atom stereocenters. The summed E-state index contributed by atoms with van der Waals surface area (Å²) in [6.07, 6.45) is 2.29. The minimum absolute atomic E-state index is 0.638. The van der Waals surface area contributed by atoms with Crippen LogP contribution < -0.4 is 10.1 Å². The van der Waals surface area contributed by atoms with Crippen molar-refractivity contribution in [3.05, 3.63) is 29.8 Å². The van der Waals surface area contributed by atoms with Crippen LogP contribution in [0.25, 0.3) is 0 Å². The molecule has 2 heterocycles. The maximum Gasteiger partial charge on any atom is 0.123 e. The molecule has 20 heavy (non-hydrogen) atoms. The number of ether oxygens (including phenoxy) is 2. The third-order valence-electron chi connectivity index (χ3n) is 4.11. The molecule has 1 N–H and O–H groups in total. The average molecular weight is 276 g/mol. The summed E-state index contributed by atoms with van der Waals surface area (Å²) in [4.78, 5) is 2.47. The summed E-state index contributed by atoms with van der Waals surface area (Å²) in [6.45, 7) is 6.72. The van der Waals surface area contributed by atoms with E-state index in [1.54, 1.807) is 0 Å². The minimum Gasteiger partial charge on any atom is -0.492 e. The Labute approximate surface area is 121 Å². The van der Waals surface area contributed by atoms with Crippen LogP contribution >= 0.6 is 0 Å². The zero-order chi connectivity index (χ0) is 13.6. The number of rotatable bonds is 4. The highest BCUT2D eigenvalue weighted by Crippen LogP contribution is 2.22. The van der Waals surface area contributed by atoms with Gasteiger partial charge in [-0.3, -0.25) is 4.90 Å². The monoisotopic (exact) mass is 276 g/mol. The normalized spacial score (nSPS) is 21.0. The Kier molecular flexibility index (Phi) is 4.90. The molecule has 1 aromatic carbocycles. The van der Waals surface area contributed by atoms with Crippen LogP contribution in [0.4, 0.5) is 0 Å². The van der Waals surface area contributed by atoms with Crippen molar-refractivity contribution in [2.45, 2.75) is 25.4 Å². The maximum absolute atomic E-state index is 5.80. The highest BCUT2D eigenvalue weighted by atomic mass is 16.5. The smallest absolute Gasteiger partial charge is 0.123 e. The summed E-state index contributed by atoms with van der Waals surface area (Å²) < 4.78 is 11.2. The van der Waals surface area contributed by atoms with Gasteiger partial charge in [-0.05, 0) is 18.9 Å². The van der Waals surface area contributed by atoms with Gasteiger partial charge in [-0.2, -0.15) is 0 Å². The fourth-order valence-corrected chi connectivity index (χ4v) is 2.90. The van der Waals surface area contributed by atoms with Crippen molar-refractivity contribution in [2.24, 2.45) is 0 Å². The predicted octanol–water partition coefficient (Wildman–Crippen LogP) is 1.65. The lowest BCUT2D eigenvalue weighted by atomic mass is 10.1. The lowest BCUT2D eigenvalue weighted by Gasteiger charge is -2.25. The fraction of sp³-hybridized carbons (Fsp3) is 0.625. The molecule has 0 unspecified atom stereocenters. The molecule has 2 aliphatic heterocycles. The highest BCUT2D eigenvalue weighted by Gasteiger charge is 2.16. The number of para-hydroxylation sites is 1. The fourth-order valence-electron chi connectivity index (χ4n) is 2.90. The second-order valence-electron chi connectivity index (χ2n) is 5.57. The molecule has 4 heteroatoms. The molecule has 1 saturated heterocycles. The van der Waals surface area contributed by atoms with Gasteiger partial charge >= 0.3 is 0 Å². The van der Waals surface area contributed by atoms with Crippen molar-refractivity contribution in [1.82, 2.24) is 10.2 Å². The first-order valence-corrected chi connectivity index (χ1v) is 7.66. The van der Waals surface area contributed by atoms with Crippen LogP contribution in [0, 0.1) is 0 Å². The molecular weight excluding hydrogens is 252 g/mol. The van der Waals surface area contributed by atoms with E-state index >= 15 is 0 Å². The molecular formula is C16H24N2O2. The molecule has 0 saturated carbocycles. The number of hydrogen-bond acceptors (Lipinski definition) is 4. The van der Waals surface area contributed by atoms with E-state index in [1.165, 1.54) is 5.56 Å². The van der Waals surface area contributed by atoms with Gasteiger partial charge in [-0.25, -0.2) is 0 Å². The van der Waals surface area contributed by atoms with E-state index in [4.69, 9.17) is 9.47 Å². The topological polar surface area (TPSA) is 33.7 Å². The predicted molar refractivity (Wildman–Crippen MR) is 79.1 cm³/mol. The quantitative estimate of drug-likeness (QED) is 0.906. The Hall–Kier alpha value is -1.10. The summed E-state index contributed by atoms with van der Waals surface area (Å²) in [5.41, 5.74) is 1.30. The Bertz CT molecular complexity index is 419. The third-order valence-corrected chi connectivity index (χ3v) is 4.11. The van der Waals surface area contributed by atoms with Crippen molar-refractivity contribution < 1.29 is 9.47 Å². The zero-order valence-corrected chi connectivity index (χ0v) is 12.0. The number of hydrogen-bond donors (Lipinski definition) is 1. The molecule has 1 aromatic rings. The van der Waals surface area contributed by atoms with Crippen LogP contribution in [0.3, 0.4) is 0 Å². The molecule has 0 amide bonds. The second kappa shape index (κ2) is 7.07. The van der Waals surface area contributed by atoms with Gasteiger partial charge in [0.1, 0.15) is 12.4 Å². The van der Waals surface area contributed by atoms with E-state index in [0.29, 0.717) is 6.04 Å². The Morgan fingerprint density at radius 3 is 2.90 bits per heavy atom. The lowest BCUT2D eigenvalue weighted by Crippen LogP contribution is -2.40. The molecule has 0 bridgehead atoms. The van der Waals surface area contributed by atoms with Gasteiger partial charge in [0.15, 0.2) is 0 Å². The van der Waals surface area contributed by atoms with E-state index in [9.17, 15) is 0 Å². The van der Waals surface area contributed by atoms with E-state index in [2.05, 4.69) is 28.4 Å². The van der Waals surface area contributed by atoms with Gasteiger partial charge in [0.05, 0.1) is 0 Å². The van der Waals surface area contributed by atoms with Gasteiger partial charge < -0.3 is 14.8 Å². The van der Waals surface area contributed by atoms with Crippen molar-refractivity contribution in [1.29, 1.82) is 0 Å². The first-order chi connectivity index (χ1) is 9.92. The summed E-state index contributed by atoms with van der Waals surface area (Å²) in [5, 5.41) is 3.65. The zero-order valence-electron chi connectivity index (χ0n) is 12.0. The SMILES string of the molecule is c1ccc2c(c1)CN(CCNC1CCOCC1)CCO2. The van der Waals surface area contributed by atoms with E-state index in [-0.39, 0.29) is 0 Å². The summed E-state index contributed by atoms with van der Waals surface area (Å²) in [5.74, 6) is 1.05. The van der Waals surface area contributed by atoms with Crippen molar-refractivity contribution in [3.8, 4) is 5.75 Å². The maximum atomic E-state index is 5.80. The van der Waals surface area contributed by atoms with Crippen LogP contribution in [-0.4, -0.2) is 50.4 Å². The minimum atomic E-state index is 0.638. The Balaban J connectivity index is 1.46. The number of nitrogens with zero attached hydrogens (tertiary/aromatic N) is 1. The molecule has 0 radical (unpaired) electrons. The Morgan fingerprint density at radius 2 is 2.00 bits per heavy atom. The van der Waals surface area contributed by atoms with Crippen LogP contribution in [0.2, 0.25) is 0 Å². The van der Waals surface area contributed by atoms with Crippen LogP contribution in [0.1, 0.15) is 18.4 Å². The van der Waals surface area contributed by atoms with Gasteiger partial charge in [-0.15, -0.1) is 0 Å². The summed E-state index contributed by atoms with van der Waals surface area (Å²) in [6, 6.07) is 9.01. The molecule has 110 valence electrons. The van der Waals surface area contributed by atoms with Gasteiger partial charge in [0, 0.05) is 51.0 Å². The second-order valence-corrected chi connectivity index (χ2v) is 5.57. The number of fused-ring (bicyclic) bond motifs is 1. The number of benzene rings is 1. The summed E-state index contributed by atoms with van der Waals surface area (Å²) in [7, 11) is 0. The summed E-state index contributed by atoms with van der Waals surface area (Å²) >= 11 is 0. The van der Waals surface area contributed by atoms with Crippen molar-refractivity contribution in [2.75, 3.05) is 39.5 Å². The molecule has 4 nitrogen and oxygen atoms in total. The molecule has 3 rings (SSSR count). The van der Waals surface area contributed by atoms with Gasteiger partial charge in [0.2, 0.25) is 0 Å². The van der Waals surface area contributed by atoms with Crippen molar-refractivity contribution in [3.63, 3.8) is 0 Å². The molecule has 0 aromatic heterocycles. The third kappa shape index (κ3) is 3.72. The Morgan fingerprint density at radius 1 is 1.15 bits per heavy atom. The molecule has 0 spiro atoms. The first-order valence-electron chi connectivity index (χ1n) is 7.66.